The first kappa shape index (κ1) is 16.1. The zero-order chi connectivity index (χ0) is 17.1. The number of rotatable bonds is 4. The van der Waals surface area contributed by atoms with E-state index in [2.05, 4.69) is 5.32 Å². The Labute approximate surface area is 141 Å². The summed E-state index contributed by atoms with van der Waals surface area (Å²) in [5, 5.41) is 2.96. The Morgan fingerprint density at radius 1 is 1.08 bits per heavy atom. The first-order valence-electron chi connectivity index (χ1n) is 7.98. The van der Waals surface area contributed by atoms with Crippen LogP contribution in [-0.2, 0) is 4.79 Å². The average Bonchev–Trinajstić information content (AvgIpc) is 2.96. The molecule has 5 nitrogen and oxygen atoms in total. The second kappa shape index (κ2) is 6.74. The van der Waals surface area contributed by atoms with Crippen LogP contribution in [0.4, 0.5) is 11.4 Å². The highest BCUT2D eigenvalue weighted by molar-refractivity contribution is 5.99. The van der Waals surface area contributed by atoms with Crippen LogP contribution in [0.5, 0.6) is 0 Å². The van der Waals surface area contributed by atoms with E-state index in [9.17, 15) is 9.59 Å². The van der Waals surface area contributed by atoms with Crippen molar-refractivity contribution in [2.45, 2.75) is 12.5 Å². The van der Waals surface area contributed by atoms with E-state index in [0.717, 1.165) is 11.4 Å². The number of carbonyl (C=O) groups excluding carboxylic acids is 2. The van der Waals surface area contributed by atoms with Crippen LogP contribution in [0.15, 0.2) is 54.6 Å². The first-order chi connectivity index (χ1) is 11.5. The van der Waals surface area contributed by atoms with E-state index in [1.807, 2.05) is 61.5 Å². The average molecular weight is 323 g/mol. The maximum Gasteiger partial charge on any atom is 0.251 e. The van der Waals surface area contributed by atoms with E-state index in [1.54, 1.807) is 17.0 Å². The van der Waals surface area contributed by atoms with Crippen molar-refractivity contribution in [2.75, 3.05) is 30.4 Å². The SMILES string of the molecule is CN(C)c1ccc(C(=O)NC2CC(=O)N(c3ccccc3)C2)cc1. The molecule has 0 spiro atoms. The Bertz CT molecular complexity index is 726. The van der Waals surface area contributed by atoms with Crippen molar-refractivity contribution in [1.29, 1.82) is 0 Å². The molecule has 2 amide bonds. The molecule has 0 saturated carbocycles. The van der Waals surface area contributed by atoms with Crippen LogP contribution in [0, 0.1) is 0 Å². The fourth-order valence-electron chi connectivity index (χ4n) is 2.84. The van der Waals surface area contributed by atoms with Gasteiger partial charge in [0.15, 0.2) is 0 Å². The Kier molecular flexibility index (Phi) is 4.51. The van der Waals surface area contributed by atoms with Crippen LogP contribution in [0.1, 0.15) is 16.8 Å². The van der Waals surface area contributed by atoms with Gasteiger partial charge in [0.05, 0.1) is 6.04 Å². The van der Waals surface area contributed by atoms with Crippen molar-refractivity contribution in [3.8, 4) is 0 Å². The van der Waals surface area contributed by atoms with E-state index in [1.165, 1.54) is 0 Å². The molecular formula is C19H21N3O2. The summed E-state index contributed by atoms with van der Waals surface area (Å²) in [6.45, 7) is 0.504. The van der Waals surface area contributed by atoms with Crippen LogP contribution in [0.3, 0.4) is 0 Å². The molecule has 2 aromatic carbocycles. The minimum absolute atomic E-state index is 0.0365. The molecule has 1 aliphatic heterocycles. The summed E-state index contributed by atoms with van der Waals surface area (Å²) < 4.78 is 0. The molecule has 5 heteroatoms. The fourth-order valence-corrected chi connectivity index (χ4v) is 2.84. The number of benzene rings is 2. The lowest BCUT2D eigenvalue weighted by Gasteiger charge is -2.17. The minimum Gasteiger partial charge on any atom is -0.378 e. The van der Waals surface area contributed by atoms with Gasteiger partial charge in [0.25, 0.3) is 5.91 Å². The van der Waals surface area contributed by atoms with Gasteiger partial charge >= 0.3 is 0 Å². The number of nitrogens with one attached hydrogen (secondary N) is 1. The molecule has 1 atom stereocenters. The van der Waals surface area contributed by atoms with E-state index in [4.69, 9.17) is 0 Å². The summed E-state index contributed by atoms with van der Waals surface area (Å²) in [5.41, 5.74) is 2.51. The fraction of sp³-hybridized carbons (Fsp3) is 0.263. The van der Waals surface area contributed by atoms with Crippen LogP contribution >= 0.6 is 0 Å². The normalized spacial score (nSPS) is 17.0. The lowest BCUT2D eigenvalue weighted by molar-refractivity contribution is -0.117. The van der Waals surface area contributed by atoms with Gasteiger partial charge in [-0.2, -0.15) is 0 Å². The quantitative estimate of drug-likeness (QED) is 0.939. The highest BCUT2D eigenvalue weighted by Gasteiger charge is 2.31. The van der Waals surface area contributed by atoms with Crippen LogP contribution in [0.25, 0.3) is 0 Å². The predicted octanol–water partition coefficient (Wildman–Crippen LogP) is 2.29. The molecule has 2 aromatic rings. The molecule has 24 heavy (non-hydrogen) atoms. The first-order valence-corrected chi connectivity index (χ1v) is 7.98. The molecule has 124 valence electrons. The van der Waals surface area contributed by atoms with Gasteiger partial charge in [0.2, 0.25) is 5.91 Å². The van der Waals surface area contributed by atoms with E-state index in [-0.39, 0.29) is 17.9 Å². The summed E-state index contributed by atoms with van der Waals surface area (Å²) in [4.78, 5) is 28.3. The molecule has 1 unspecified atom stereocenters. The van der Waals surface area contributed by atoms with Gasteiger partial charge in [0, 0.05) is 44.0 Å². The zero-order valence-electron chi connectivity index (χ0n) is 13.9. The second-order valence-electron chi connectivity index (χ2n) is 6.16. The van der Waals surface area contributed by atoms with Crippen molar-refractivity contribution in [3.05, 3.63) is 60.2 Å². The largest absolute Gasteiger partial charge is 0.378 e. The summed E-state index contributed by atoms with van der Waals surface area (Å²) >= 11 is 0. The molecule has 0 aromatic heterocycles. The van der Waals surface area contributed by atoms with Crippen LogP contribution in [0.2, 0.25) is 0 Å². The van der Waals surface area contributed by atoms with Gasteiger partial charge < -0.3 is 15.1 Å². The Morgan fingerprint density at radius 3 is 2.38 bits per heavy atom. The summed E-state index contributed by atoms with van der Waals surface area (Å²) in [6, 6.07) is 16.8. The molecular weight excluding hydrogens is 302 g/mol. The Hall–Kier alpha value is -2.82. The third-order valence-corrected chi connectivity index (χ3v) is 4.17. The smallest absolute Gasteiger partial charge is 0.251 e. The number of nitrogens with zero attached hydrogens (tertiary/aromatic N) is 2. The summed E-state index contributed by atoms with van der Waals surface area (Å²) in [5.74, 6) is -0.109. The second-order valence-corrected chi connectivity index (χ2v) is 6.16. The number of amides is 2. The lowest BCUT2D eigenvalue weighted by Crippen LogP contribution is -2.37. The Morgan fingerprint density at radius 2 is 1.75 bits per heavy atom. The Balaban J connectivity index is 1.64. The van der Waals surface area contributed by atoms with Gasteiger partial charge in [-0.3, -0.25) is 9.59 Å². The van der Waals surface area contributed by atoms with Gasteiger partial charge in [-0.25, -0.2) is 0 Å². The third kappa shape index (κ3) is 3.40. The maximum atomic E-state index is 12.4. The molecule has 1 aliphatic rings. The van der Waals surface area contributed by atoms with E-state index in [0.29, 0.717) is 18.5 Å². The van der Waals surface area contributed by atoms with Gasteiger partial charge in [-0.05, 0) is 36.4 Å². The molecule has 1 saturated heterocycles. The van der Waals surface area contributed by atoms with Crippen molar-refractivity contribution in [1.82, 2.24) is 5.32 Å². The standard InChI is InChI=1S/C19H21N3O2/c1-21(2)16-10-8-14(9-11-16)19(24)20-15-12-18(23)22(13-15)17-6-4-3-5-7-17/h3-11,15H,12-13H2,1-2H3,(H,20,24). The maximum absolute atomic E-state index is 12.4. The topological polar surface area (TPSA) is 52.7 Å². The molecule has 0 radical (unpaired) electrons. The molecule has 0 aliphatic carbocycles. The summed E-state index contributed by atoms with van der Waals surface area (Å²) in [6.07, 6.45) is 0.330. The number of hydrogen-bond acceptors (Lipinski definition) is 3. The molecule has 1 heterocycles. The predicted molar refractivity (Wildman–Crippen MR) is 95.4 cm³/mol. The van der Waals surface area contributed by atoms with Crippen LogP contribution < -0.4 is 15.1 Å². The number of para-hydroxylation sites is 1. The third-order valence-electron chi connectivity index (χ3n) is 4.17. The van der Waals surface area contributed by atoms with Crippen molar-refractivity contribution in [3.63, 3.8) is 0 Å². The molecule has 3 rings (SSSR count). The zero-order valence-corrected chi connectivity index (χ0v) is 13.9. The summed E-state index contributed by atoms with van der Waals surface area (Å²) in [7, 11) is 3.91. The molecule has 1 fully saturated rings. The highest BCUT2D eigenvalue weighted by atomic mass is 16.2. The van der Waals surface area contributed by atoms with Crippen molar-refractivity contribution >= 4 is 23.2 Å². The number of carbonyl (C=O) groups is 2. The number of anilines is 2. The van der Waals surface area contributed by atoms with Crippen molar-refractivity contribution < 1.29 is 9.59 Å². The molecule has 0 bridgehead atoms. The van der Waals surface area contributed by atoms with Crippen molar-refractivity contribution in [2.24, 2.45) is 0 Å². The van der Waals surface area contributed by atoms with Gasteiger partial charge in [-0.15, -0.1) is 0 Å². The lowest BCUT2D eigenvalue weighted by atomic mass is 10.1. The highest BCUT2D eigenvalue weighted by Crippen LogP contribution is 2.21. The minimum atomic E-state index is -0.168. The monoisotopic (exact) mass is 323 g/mol. The van der Waals surface area contributed by atoms with E-state index < -0.39 is 0 Å². The van der Waals surface area contributed by atoms with Crippen LogP contribution in [-0.4, -0.2) is 38.5 Å². The van der Waals surface area contributed by atoms with Gasteiger partial charge in [-0.1, -0.05) is 18.2 Å². The van der Waals surface area contributed by atoms with Gasteiger partial charge in [0.1, 0.15) is 0 Å². The number of hydrogen-bond donors (Lipinski definition) is 1. The molecule has 1 N–H and O–H groups in total. The van der Waals surface area contributed by atoms with E-state index >= 15 is 0 Å².